The summed E-state index contributed by atoms with van der Waals surface area (Å²) in [7, 11) is 1.26. The maximum absolute atomic E-state index is 10.9. The molecule has 0 saturated heterocycles. The van der Waals surface area contributed by atoms with Crippen LogP contribution in [0.4, 0.5) is 0 Å². The number of rotatable bonds is 2. The van der Waals surface area contributed by atoms with Gasteiger partial charge in [-0.25, -0.2) is 9.78 Å². The first-order valence-electron chi connectivity index (χ1n) is 3.45. The molecule has 0 unspecified atom stereocenters. The normalized spacial score (nSPS) is 9.31. The van der Waals surface area contributed by atoms with Gasteiger partial charge in [-0.15, -0.1) is 0 Å². The standard InChI is InChI=1S/C8H7NO4/c1-13-8(12)5-2-3-6(7(10)11)9-4-5/h2-4H,1H3,(H,10,11)/p+1. The minimum absolute atomic E-state index is 0.00709. The van der Waals surface area contributed by atoms with Gasteiger partial charge in [0.25, 0.3) is 0 Å². The van der Waals surface area contributed by atoms with Gasteiger partial charge in [-0.3, -0.25) is 0 Å². The summed E-state index contributed by atoms with van der Waals surface area (Å²) >= 11 is 0. The Morgan fingerprint density at radius 3 is 2.54 bits per heavy atom. The lowest BCUT2D eigenvalue weighted by Crippen LogP contribution is -2.05. The molecule has 1 aromatic heterocycles. The summed E-state index contributed by atoms with van der Waals surface area (Å²) < 4.78 is 4.43. The van der Waals surface area contributed by atoms with Crippen LogP contribution in [-0.2, 0) is 4.74 Å². The molecule has 0 fully saturated rings. The smallest absolute Gasteiger partial charge is 0.560 e. The first-order chi connectivity index (χ1) is 6.15. The van der Waals surface area contributed by atoms with Gasteiger partial charge in [0.05, 0.1) is 12.7 Å². The van der Waals surface area contributed by atoms with Crippen molar-refractivity contribution in [3.05, 3.63) is 29.6 Å². The van der Waals surface area contributed by atoms with Crippen LogP contribution < -0.4 is 0 Å². The summed E-state index contributed by atoms with van der Waals surface area (Å²) in [6, 6.07) is 2.70. The van der Waals surface area contributed by atoms with Crippen LogP contribution >= 0.6 is 0 Å². The Kier molecular flexibility index (Phi) is 2.59. The van der Waals surface area contributed by atoms with Crippen LogP contribution in [0.3, 0.4) is 0 Å². The molecule has 1 aromatic rings. The Balaban J connectivity index is 2.93. The van der Waals surface area contributed by atoms with Crippen LogP contribution in [-0.4, -0.2) is 29.1 Å². The van der Waals surface area contributed by atoms with E-state index < -0.39 is 11.9 Å². The van der Waals surface area contributed by atoms with Gasteiger partial charge < -0.3 is 9.84 Å². The predicted molar refractivity (Wildman–Crippen MR) is 43.5 cm³/mol. The van der Waals surface area contributed by atoms with E-state index in [0.29, 0.717) is 0 Å². The number of nitrogens with zero attached hydrogens (tertiary/aromatic N) is 1. The van der Waals surface area contributed by atoms with Crippen LogP contribution in [0, 0.1) is 0 Å². The lowest BCUT2D eigenvalue weighted by molar-refractivity contribution is 0.0597. The molecule has 2 N–H and O–H groups in total. The summed E-state index contributed by atoms with van der Waals surface area (Å²) in [6.07, 6.45) is 1.20. The summed E-state index contributed by atoms with van der Waals surface area (Å²) in [6.45, 7) is 0. The molecule has 5 nitrogen and oxygen atoms in total. The van der Waals surface area contributed by atoms with Gasteiger partial charge in [0, 0.05) is 11.0 Å². The fraction of sp³-hybridized carbons (Fsp3) is 0.125. The number of carbonyl (C=O) groups is 2. The van der Waals surface area contributed by atoms with E-state index in [9.17, 15) is 9.59 Å². The largest absolute Gasteiger partial charge is 0.567 e. The van der Waals surface area contributed by atoms with Crippen molar-refractivity contribution in [3.63, 3.8) is 0 Å². The molecule has 13 heavy (non-hydrogen) atoms. The monoisotopic (exact) mass is 182 g/mol. The Morgan fingerprint density at radius 2 is 2.15 bits per heavy atom. The molecule has 0 aliphatic rings. The molecule has 0 spiro atoms. The van der Waals surface area contributed by atoms with E-state index >= 15 is 0 Å². The molecule has 5 heteroatoms. The van der Waals surface area contributed by atoms with Gasteiger partial charge in [-0.1, -0.05) is 0 Å². The minimum Gasteiger partial charge on any atom is -0.560 e. The van der Waals surface area contributed by atoms with Crippen molar-refractivity contribution < 1.29 is 19.4 Å². The van der Waals surface area contributed by atoms with E-state index in [0.717, 1.165) is 0 Å². The second-order valence-electron chi connectivity index (χ2n) is 2.25. The highest BCUT2D eigenvalue weighted by molar-refractivity contribution is 5.90. The Bertz CT molecular complexity index is 331. The lowest BCUT2D eigenvalue weighted by Gasteiger charge is -1.96. The number of methoxy groups -OCH3 is 1. The molecular weight excluding hydrogens is 174 g/mol. The van der Waals surface area contributed by atoms with Crippen LogP contribution in [0.1, 0.15) is 20.8 Å². The maximum atomic E-state index is 10.9. The molecular formula is C8H8NO4+. The van der Waals surface area contributed by atoms with Crippen molar-refractivity contribution in [2.75, 3.05) is 7.11 Å². The molecule has 0 aromatic carbocycles. The van der Waals surface area contributed by atoms with Crippen molar-refractivity contribution in [2.45, 2.75) is 0 Å². The van der Waals surface area contributed by atoms with Crippen LogP contribution in [0.5, 0.6) is 0 Å². The molecule has 0 aliphatic heterocycles. The van der Waals surface area contributed by atoms with Gasteiger partial charge in [0.2, 0.25) is 5.69 Å². The fourth-order valence-electron chi connectivity index (χ4n) is 0.767. The second kappa shape index (κ2) is 3.66. The van der Waals surface area contributed by atoms with Crippen LogP contribution in [0.15, 0.2) is 18.3 Å². The molecule has 1 rings (SSSR count). The molecule has 1 heterocycles. The number of hydrogen-bond acceptors (Lipinski definition) is 4. The van der Waals surface area contributed by atoms with Gasteiger partial charge >= 0.3 is 11.9 Å². The van der Waals surface area contributed by atoms with Crippen molar-refractivity contribution in [1.29, 1.82) is 0 Å². The van der Waals surface area contributed by atoms with Crippen molar-refractivity contribution in [3.8, 4) is 0 Å². The molecule has 0 aliphatic carbocycles. The SMILES string of the molecule is COC(=O)c1ccc(C(=O)[OH2+])nc1. The highest BCUT2D eigenvalue weighted by Gasteiger charge is 2.13. The zero-order valence-corrected chi connectivity index (χ0v) is 6.90. The molecule has 0 bridgehead atoms. The zero-order chi connectivity index (χ0) is 9.84. The summed E-state index contributed by atoms with van der Waals surface area (Å²) in [5.74, 6) is -1.40. The number of pyridine rings is 1. The molecule has 0 amide bonds. The van der Waals surface area contributed by atoms with Gasteiger partial charge in [0.15, 0.2) is 0 Å². The highest BCUT2D eigenvalue weighted by Crippen LogP contribution is 2.01. The molecule has 0 atom stereocenters. The third-order valence-electron chi connectivity index (χ3n) is 1.42. The van der Waals surface area contributed by atoms with Crippen LogP contribution in [0.2, 0.25) is 0 Å². The number of ether oxygens (including phenoxy) is 1. The zero-order valence-electron chi connectivity index (χ0n) is 6.90. The van der Waals surface area contributed by atoms with E-state index in [2.05, 4.69) is 9.72 Å². The van der Waals surface area contributed by atoms with Gasteiger partial charge in [-0.05, 0) is 12.1 Å². The van der Waals surface area contributed by atoms with E-state index in [1.165, 1.54) is 25.4 Å². The lowest BCUT2D eigenvalue weighted by atomic mass is 10.2. The summed E-state index contributed by atoms with van der Waals surface area (Å²) in [4.78, 5) is 25.0. The predicted octanol–water partition coefficient (Wildman–Crippen LogP) is -0.267. The van der Waals surface area contributed by atoms with E-state index in [-0.39, 0.29) is 11.3 Å². The quantitative estimate of drug-likeness (QED) is 0.466. The fourth-order valence-corrected chi connectivity index (χ4v) is 0.767. The number of carbonyl (C=O) groups excluding carboxylic acids is 2. The highest BCUT2D eigenvalue weighted by atomic mass is 16.5. The maximum Gasteiger partial charge on any atom is 0.567 e. The van der Waals surface area contributed by atoms with Gasteiger partial charge in [0.1, 0.15) is 0 Å². The average Bonchev–Trinajstić information content (AvgIpc) is 2.17. The third-order valence-corrected chi connectivity index (χ3v) is 1.42. The second-order valence-corrected chi connectivity index (χ2v) is 2.25. The summed E-state index contributed by atoms with van der Waals surface area (Å²) in [5, 5.41) is 6.72. The molecule has 0 radical (unpaired) electrons. The Labute approximate surface area is 74.0 Å². The first-order valence-corrected chi connectivity index (χ1v) is 3.45. The van der Waals surface area contributed by atoms with Crippen LogP contribution in [0.25, 0.3) is 0 Å². The Morgan fingerprint density at radius 1 is 1.46 bits per heavy atom. The number of hydrogen-bond donors (Lipinski definition) is 0. The molecule has 0 saturated carbocycles. The van der Waals surface area contributed by atoms with E-state index in [1.54, 1.807) is 0 Å². The summed E-state index contributed by atoms with van der Waals surface area (Å²) in [5.41, 5.74) is 0.264. The first kappa shape index (κ1) is 9.18. The third kappa shape index (κ3) is 2.02. The van der Waals surface area contributed by atoms with Crippen molar-refractivity contribution >= 4 is 11.9 Å². The molecule has 68 valence electrons. The average molecular weight is 182 g/mol. The number of aromatic nitrogens is 1. The number of esters is 1. The van der Waals surface area contributed by atoms with Gasteiger partial charge in [-0.2, -0.15) is 0 Å². The topological polar surface area (TPSA) is 79.2 Å². The van der Waals surface area contributed by atoms with Crippen molar-refractivity contribution in [2.24, 2.45) is 0 Å². The van der Waals surface area contributed by atoms with E-state index in [4.69, 9.17) is 5.11 Å². The van der Waals surface area contributed by atoms with E-state index in [1.807, 2.05) is 0 Å². The Hall–Kier alpha value is -1.91. The minimum atomic E-state index is -0.878. The van der Waals surface area contributed by atoms with Crippen molar-refractivity contribution in [1.82, 2.24) is 4.98 Å².